The van der Waals surface area contributed by atoms with Gasteiger partial charge in [-0.3, -0.25) is 19.6 Å². The lowest BCUT2D eigenvalue weighted by Crippen LogP contribution is -2.42. The SMILES string of the molecule is COc1ccc2ncc(CN3CCOCC3)c([C@@H](F)CCC3(CC(=O)O)CCN(CCOc4cc(F)cc(F)c4F)CC3)c2c1. The quantitative estimate of drug-likeness (QED) is 0.184. The molecule has 244 valence electrons. The number of ether oxygens (including phenoxy) is 3. The fraction of sp³-hybridized carbons (Fsp3) is 0.515. The third-order valence-corrected chi connectivity index (χ3v) is 9.01. The molecular weight excluding hydrogens is 594 g/mol. The molecule has 5 rings (SSSR count). The summed E-state index contributed by atoms with van der Waals surface area (Å²) in [5.41, 5.74) is 1.42. The van der Waals surface area contributed by atoms with E-state index in [1.165, 1.54) is 0 Å². The fourth-order valence-corrected chi connectivity index (χ4v) is 6.44. The third-order valence-electron chi connectivity index (χ3n) is 9.01. The molecule has 2 aromatic carbocycles. The lowest BCUT2D eigenvalue weighted by Gasteiger charge is -2.41. The molecule has 3 aromatic rings. The Morgan fingerprint density at radius 1 is 1.09 bits per heavy atom. The summed E-state index contributed by atoms with van der Waals surface area (Å²) in [6.07, 6.45) is 1.89. The second-order valence-corrected chi connectivity index (χ2v) is 11.9. The molecule has 8 nitrogen and oxygen atoms in total. The number of carboxylic acid groups (broad SMARTS) is 1. The van der Waals surface area contributed by atoms with E-state index in [4.69, 9.17) is 14.2 Å². The monoisotopic (exact) mass is 633 g/mol. The predicted molar refractivity (Wildman–Crippen MR) is 160 cm³/mol. The van der Waals surface area contributed by atoms with Gasteiger partial charge in [0.15, 0.2) is 11.6 Å². The standard InChI is InChI=1S/C33H39F4N3O5/c1-43-24-2-3-28-25(18-24)31(22(20-38-28)21-40-10-13-44-14-11-40)26(35)4-5-33(19-30(41)42)6-8-39(9-7-33)12-15-45-29-17-23(34)16-27(36)32(29)37/h2-3,16-18,20,26H,4-15,19,21H2,1H3,(H,41,42)/t26-/m0/s1. The first-order valence-corrected chi connectivity index (χ1v) is 15.3. The van der Waals surface area contributed by atoms with E-state index in [0.29, 0.717) is 86.9 Å². The lowest BCUT2D eigenvalue weighted by atomic mass is 9.71. The molecule has 0 saturated carbocycles. The molecule has 45 heavy (non-hydrogen) atoms. The Bertz CT molecular complexity index is 1480. The van der Waals surface area contributed by atoms with Gasteiger partial charge >= 0.3 is 5.97 Å². The molecule has 0 aliphatic carbocycles. The van der Waals surface area contributed by atoms with Crippen LogP contribution in [0.1, 0.15) is 49.4 Å². The van der Waals surface area contributed by atoms with Crippen LogP contribution in [0, 0.1) is 22.9 Å². The minimum atomic E-state index is -1.35. The highest BCUT2D eigenvalue weighted by molar-refractivity contribution is 5.85. The number of carbonyl (C=O) groups is 1. The first-order valence-electron chi connectivity index (χ1n) is 15.3. The number of hydrogen-bond donors (Lipinski definition) is 1. The van der Waals surface area contributed by atoms with Crippen LogP contribution in [0.25, 0.3) is 10.9 Å². The molecule has 2 aliphatic heterocycles. The van der Waals surface area contributed by atoms with E-state index in [1.807, 2.05) is 17.0 Å². The molecule has 0 unspecified atom stereocenters. The zero-order valence-corrected chi connectivity index (χ0v) is 25.4. The Labute approximate surface area is 259 Å². The zero-order chi connectivity index (χ0) is 32.0. The number of likely N-dealkylation sites (tertiary alicyclic amines) is 1. The minimum Gasteiger partial charge on any atom is -0.497 e. The number of methoxy groups -OCH3 is 1. The van der Waals surface area contributed by atoms with Crippen LogP contribution in [0.2, 0.25) is 0 Å². The maximum absolute atomic E-state index is 16.5. The van der Waals surface area contributed by atoms with Gasteiger partial charge in [0.25, 0.3) is 0 Å². The summed E-state index contributed by atoms with van der Waals surface area (Å²) in [6.45, 7) is 4.67. The van der Waals surface area contributed by atoms with E-state index in [1.54, 1.807) is 19.4 Å². The summed E-state index contributed by atoms with van der Waals surface area (Å²) in [5.74, 6) is -4.32. The summed E-state index contributed by atoms with van der Waals surface area (Å²) in [4.78, 5) is 20.8. The van der Waals surface area contributed by atoms with Crippen molar-refractivity contribution in [2.75, 3.05) is 59.7 Å². The molecule has 0 radical (unpaired) electrons. The second kappa shape index (κ2) is 14.7. The van der Waals surface area contributed by atoms with Gasteiger partial charge in [-0.1, -0.05) is 0 Å². The Hall–Kier alpha value is -3.48. The normalized spacial score (nSPS) is 18.2. The smallest absolute Gasteiger partial charge is 0.303 e. The van der Waals surface area contributed by atoms with E-state index in [0.717, 1.165) is 24.7 Å². The molecule has 0 amide bonds. The van der Waals surface area contributed by atoms with Gasteiger partial charge in [0.2, 0.25) is 5.82 Å². The second-order valence-electron chi connectivity index (χ2n) is 11.9. The zero-order valence-electron chi connectivity index (χ0n) is 25.4. The first-order chi connectivity index (χ1) is 21.7. The molecule has 1 aromatic heterocycles. The fourth-order valence-electron chi connectivity index (χ4n) is 6.44. The number of alkyl halides is 1. The van der Waals surface area contributed by atoms with Crippen LogP contribution in [0.3, 0.4) is 0 Å². The maximum Gasteiger partial charge on any atom is 0.303 e. The third kappa shape index (κ3) is 8.22. The number of benzene rings is 2. The average molecular weight is 634 g/mol. The molecule has 12 heteroatoms. The molecule has 3 heterocycles. The van der Waals surface area contributed by atoms with E-state index < -0.39 is 40.8 Å². The van der Waals surface area contributed by atoms with E-state index in [2.05, 4.69) is 9.88 Å². The number of hydrogen-bond acceptors (Lipinski definition) is 7. The summed E-state index contributed by atoms with van der Waals surface area (Å²) in [7, 11) is 1.56. The molecule has 0 spiro atoms. The molecule has 2 fully saturated rings. The van der Waals surface area contributed by atoms with Crippen LogP contribution in [-0.2, 0) is 16.1 Å². The number of pyridine rings is 1. The lowest BCUT2D eigenvalue weighted by molar-refractivity contribution is -0.141. The number of fused-ring (bicyclic) bond motifs is 1. The van der Waals surface area contributed by atoms with Crippen molar-refractivity contribution in [3.05, 3.63) is 65.1 Å². The number of rotatable bonds is 13. The van der Waals surface area contributed by atoms with Crippen molar-refractivity contribution >= 4 is 16.9 Å². The van der Waals surface area contributed by atoms with E-state index in [-0.39, 0.29) is 19.4 Å². The number of piperidine rings is 1. The van der Waals surface area contributed by atoms with Crippen molar-refractivity contribution in [2.24, 2.45) is 5.41 Å². The maximum atomic E-state index is 16.5. The van der Waals surface area contributed by atoms with Gasteiger partial charge in [-0.05, 0) is 68.0 Å². The number of morpholine rings is 1. The Morgan fingerprint density at radius 3 is 2.56 bits per heavy atom. The van der Waals surface area contributed by atoms with Crippen molar-refractivity contribution < 1.29 is 41.7 Å². The predicted octanol–water partition coefficient (Wildman–Crippen LogP) is 5.92. The largest absolute Gasteiger partial charge is 0.497 e. The van der Waals surface area contributed by atoms with Crippen LogP contribution in [-0.4, -0.2) is 85.5 Å². The van der Waals surface area contributed by atoms with Gasteiger partial charge < -0.3 is 19.3 Å². The molecular formula is C33H39F4N3O5. The Balaban J connectivity index is 1.27. The van der Waals surface area contributed by atoms with Crippen LogP contribution in [0.5, 0.6) is 11.5 Å². The van der Waals surface area contributed by atoms with Crippen molar-refractivity contribution in [1.82, 2.24) is 14.8 Å². The summed E-state index contributed by atoms with van der Waals surface area (Å²) >= 11 is 0. The highest BCUT2D eigenvalue weighted by Gasteiger charge is 2.37. The van der Waals surface area contributed by atoms with Crippen molar-refractivity contribution in [1.29, 1.82) is 0 Å². The molecule has 1 atom stereocenters. The van der Waals surface area contributed by atoms with Crippen molar-refractivity contribution in [3.8, 4) is 11.5 Å². The van der Waals surface area contributed by atoms with Crippen LogP contribution < -0.4 is 9.47 Å². The molecule has 2 aliphatic rings. The summed E-state index contributed by atoms with van der Waals surface area (Å²) < 4.78 is 73.6. The van der Waals surface area contributed by atoms with E-state index in [9.17, 15) is 23.1 Å². The van der Waals surface area contributed by atoms with Gasteiger partial charge in [-0.15, -0.1) is 0 Å². The van der Waals surface area contributed by atoms with Crippen LogP contribution in [0.15, 0.2) is 36.5 Å². The molecule has 0 bridgehead atoms. The van der Waals surface area contributed by atoms with Gasteiger partial charge in [0.1, 0.15) is 24.3 Å². The molecule has 2 saturated heterocycles. The number of carboxylic acids is 1. The van der Waals surface area contributed by atoms with Crippen molar-refractivity contribution in [2.45, 2.75) is 44.8 Å². The van der Waals surface area contributed by atoms with Gasteiger partial charge in [-0.2, -0.15) is 4.39 Å². The van der Waals surface area contributed by atoms with E-state index >= 15 is 4.39 Å². The van der Waals surface area contributed by atoms with Gasteiger partial charge in [0, 0.05) is 55.5 Å². The highest BCUT2D eigenvalue weighted by Crippen LogP contribution is 2.43. The summed E-state index contributed by atoms with van der Waals surface area (Å²) in [5, 5.41) is 10.5. The Kier molecular flexibility index (Phi) is 10.8. The van der Waals surface area contributed by atoms with Gasteiger partial charge in [-0.25, -0.2) is 13.2 Å². The summed E-state index contributed by atoms with van der Waals surface area (Å²) in [6, 6.07) is 6.67. The Morgan fingerprint density at radius 2 is 1.84 bits per heavy atom. The van der Waals surface area contributed by atoms with Crippen LogP contribution >= 0.6 is 0 Å². The number of aliphatic carboxylic acids is 1. The number of nitrogens with zero attached hydrogens (tertiary/aromatic N) is 3. The topological polar surface area (TPSA) is 84.4 Å². The average Bonchev–Trinajstić information content (AvgIpc) is 3.03. The first kappa shape index (κ1) is 32.9. The number of halogens is 4. The van der Waals surface area contributed by atoms with Crippen LogP contribution in [0.4, 0.5) is 17.6 Å². The molecule has 1 N–H and O–H groups in total. The number of aromatic nitrogens is 1. The minimum absolute atomic E-state index is 0.00277. The highest BCUT2D eigenvalue weighted by atomic mass is 19.2. The van der Waals surface area contributed by atoms with Crippen molar-refractivity contribution in [3.63, 3.8) is 0 Å². The van der Waals surface area contributed by atoms with Gasteiger partial charge in [0.05, 0.1) is 32.3 Å².